The molecule has 0 aliphatic rings. The zero-order valence-corrected chi connectivity index (χ0v) is 9.78. The molecule has 1 aromatic heterocycles. The maximum atomic E-state index is 10.5. The standard InChI is InChI=1S/C5H5N2OS.K/c1-3(8)5-7-4(6)2-9-5;/h2,6H,1H3;/q-1;+1. The predicted molar refractivity (Wildman–Crippen MR) is 36.1 cm³/mol. The molecule has 0 spiro atoms. The van der Waals surface area contributed by atoms with Gasteiger partial charge in [0, 0.05) is 0 Å². The third-order valence-corrected chi connectivity index (χ3v) is 1.75. The Morgan fingerprint density at radius 1 is 1.80 bits per heavy atom. The van der Waals surface area contributed by atoms with Gasteiger partial charge in [0.15, 0.2) is 5.78 Å². The second kappa shape index (κ2) is 4.58. The van der Waals surface area contributed by atoms with Crippen LogP contribution in [-0.2, 0) is 0 Å². The quantitative estimate of drug-likeness (QED) is 0.412. The van der Waals surface area contributed by atoms with Crippen molar-refractivity contribution in [3.05, 3.63) is 16.1 Å². The zero-order valence-electron chi connectivity index (χ0n) is 5.84. The van der Waals surface area contributed by atoms with Gasteiger partial charge in [0.05, 0.1) is 5.01 Å². The molecule has 0 fully saturated rings. The Bertz CT molecular complexity index is 235. The van der Waals surface area contributed by atoms with E-state index in [-0.39, 0.29) is 63.0 Å². The smallest absolute Gasteiger partial charge is 0.481 e. The predicted octanol–water partition coefficient (Wildman–Crippen LogP) is -0.967. The molecule has 0 bridgehead atoms. The van der Waals surface area contributed by atoms with E-state index in [0.717, 1.165) is 0 Å². The van der Waals surface area contributed by atoms with E-state index in [1.165, 1.54) is 23.6 Å². The molecule has 0 saturated carbocycles. The summed E-state index contributed by atoms with van der Waals surface area (Å²) in [5, 5.41) is 1.96. The Balaban J connectivity index is 0.000000810. The molecular weight excluding hydrogens is 175 g/mol. The first-order valence-electron chi connectivity index (χ1n) is 2.38. The Hall–Kier alpha value is 0.736. The third-order valence-electron chi connectivity index (χ3n) is 0.805. The van der Waals surface area contributed by atoms with Gasteiger partial charge in [-0.15, -0.1) is 11.3 Å². The first-order chi connectivity index (χ1) is 4.20. The maximum Gasteiger partial charge on any atom is 1.00 e. The summed E-state index contributed by atoms with van der Waals surface area (Å²) in [5.74, 6) is 0.101. The van der Waals surface area contributed by atoms with Crippen molar-refractivity contribution in [1.29, 1.82) is 0 Å². The van der Waals surface area contributed by atoms with Crippen LogP contribution in [0.5, 0.6) is 0 Å². The van der Waals surface area contributed by atoms with Gasteiger partial charge in [0.2, 0.25) is 0 Å². The molecule has 3 nitrogen and oxygen atoms in total. The van der Waals surface area contributed by atoms with Crippen LogP contribution in [0.2, 0.25) is 0 Å². The molecule has 0 saturated heterocycles. The van der Waals surface area contributed by atoms with Gasteiger partial charge in [-0.25, -0.2) is 0 Å². The van der Waals surface area contributed by atoms with Crippen molar-refractivity contribution < 1.29 is 56.2 Å². The molecule has 0 aromatic carbocycles. The van der Waals surface area contributed by atoms with Crippen molar-refractivity contribution in [1.82, 2.24) is 4.98 Å². The molecule has 5 heteroatoms. The molecule has 0 aliphatic carbocycles. The van der Waals surface area contributed by atoms with Crippen molar-refractivity contribution in [2.75, 3.05) is 0 Å². The summed E-state index contributed by atoms with van der Waals surface area (Å²) in [6.45, 7) is 1.44. The van der Waals surface area contributed by atoms with E-state index >= 15 is 0 Å². The van der Waals surface area contributed by atoms with E-state index in [1.54, 1.807) is 0 Å². The third kappa shape index (κ3) is 2.77. The van der Waals surface area contributed by atoms with E-state index in [9.17, 15) is 4.79 Å². The molecule has 0 aliphatic heterocycles. The molecule has 1 N–H and O–H groups in total. The topological polar surface area (TPSA) is 53.8 Å². The van der Waals surface area contributed by atoms with Crippen LogP contribution < -0.4 is 51.4 Å². The number of hydrogen-bond donors (Lipinski definition) is 0. The first-order valence-corrected chi connectivity index (χ1v) is 3.26. The molecule has 1 aromatic rings. The van der Waals surface area contributed by atoms with Gasteiger partial charge in [0.1, 0.15) is 0 Å². The normalized spacial score (nSPS) is 8.50. The zero-order chi connectivity index (χ0) is 6.85. The average Bonchev–Trinajstić information content (AvgIpc) is 2.14. The molecule has 0 radical (unpaired) electrons. The van der Waals surface area contributed by atoms with Crippen LogP contribution >= 0.6 is 11.3 Å². The first kappa shape index (κ1) is 10.7. The number of nitrogens with zero attached hydrogens (tertiary/aromatic N) is 1. The number of aromatic nitrogens is 1. The molecule has 0 atom stereocenters. The summed E-state index contributed by atoms with van der Waals surface area (Å²) < 4.78 is 0. The van der Waals surface area contributed by atoms with Gasteiger partial charge < -0.3 is 10.7 Å². The molecule has 1 rings (SSSR count). The summed E-state index contributed by atoms with van der Waals surface area (Å²) in [6.07, 6.45) is 0. The van der Waals surface area contributed by atoms with E-state index in [2.05, 4.69) is 4.98 Å². The van der Waals surface area contributed by atoms with Gasteiger partial charge in [-0.2, -0.15) is 0 Å². The summed E-state index contributed by atoms with van der Waals surface area (Å²) >= 11 is 1.21. The van der Waals surface area contributed by atoms with Crippen LogP contribution in [0.1, 0.15) is 16.7 Å². The summed E-state index contributed by atoms with van der Waals surface area (Å²) in [6, 6.07) is 0. The minimum absolute atomic E-state index is 0. The summed E-state index contributed by atoms with van der Waals surface area (Å²) in [5.41, 5.74) is 6.96. The van der Waals surface area contributed by atoms with Crippen molar-refractivity contribution >= 4 is 22.9 Å². The number of Topliss-reactive ketones (excluding diaryl/α,β-unsaturated/α-hetero) is 1. The van der Waals surface area contributed by atoms with Crippen LogP contribution in [-0.4, -0.2) is 10.8 Å². The van der Waals surface area contributed by atoms with E-state index in [4.69, 9.17) is 5.73 Å². The molecule has 48 valence electrons. The van der Waals surface area contributed by atoms with E-state index < -0.39 is 0 Å². The minimum atomic E-state index is -0.0708. The Kier molecular flexibility index (Phi) is 4.92. The van der Waals surface area contributed by atoms with E-state index in [0.29, 0.717) is 5.01 Å². The van der Waals surface area contributed by atoms with Crippen LogP contribution in [0.3, 0.4) is 0 Å². The van der Waals surface area contributed by atoms with Crippen molar-refractivity contribution in [3.8, 4) is 0 Å². The van der Waals surface area contributed by atoms with Crippen LogP contribution in [0.4, 0.5) is 5.82 Å². The Morgan fingerprint density at radius 3 is 2.60 bits per heavy atom. The molecule has 1 heterocycles. The fourth-order valence-electron chi connectivity index (χ4n) is 0.435. The van der Waals surface area contributed by atoms with Crippen LogP contribution in [0.15, 0.2) is 5.38 Å². The van der Waals surface area contributed by atoms with Crippen molar-refractivity contribution in [3.63, 3.8) is 0 Å². The molecule has 0 amide bonds. The fraction of sp³-hybridized carbons (Fsp3) is 0.200. The monoisotopic (exact) mass is 180 g/mol. The minimum Gasteiger partial charge on any atom is -0.481 e. The van der Waals surface area contributed by atoms with Gasteiger partial charge in [0.25, 0.3) is 0 Å². The number of rotatable bonds is 1. The van der Waals surface area contributed by atoms with E-state index in [1.807, 2.05) is 0 Å². The molecular formula is C5H5KN2OS. The van der Waals surface area contributed by atoms with Crippen LogP contribution in [0.25, 0.3) is 5.73 Å². The SMILES string of the molecule is CC(=O)c1nc([NH-])cs1.[K+]. The van der Waals surface area contributed by atoms with Gasteiger partial charge in [-0.3, -0.25) is 4.79 Å². The number of ketones is 1. The second-order valence-electron chi connectivity index (χ2n) is 1.59. The van der Waals surface area contributed by atoms with Crippen molar-refractivity contribution in [2.24, 2.45) is 0 Å². The molecule has 0 unspecified atom stereocenters. The number of nitrogens with one attached hydrogen (secondary N) is 1. The van der Waals surface area contributed by atoms with Gasteiger partial charge in [-0.05, 0) is 12.3 Å². The summed E-state index contributed by atoms with van der Waals surface area (Å²) in [7, 11) is 0. The van der Waals surface area contributed by atoms with Gasteiger partial charge in [-0.1, -0.05) is 5.82 Å². The Morgan fingerprint density at radius 2 is 2.40 bits per heavy atom. The number of hydrogen-bond acceptors (Lipinski definition) is 3. The molecule has 10 heavy (non-hydrogen) atoms. The Labute approximate surface area is 105 Å². The van der Waals surface area contributed by atoms with Gasteiger partial charge >= 0.3 is 51.4 Å². The largest absolute Gasteiger partial charge is 1.00 e. The number of carbonyl (C=O) groups is 1. The number of carbonyl (C=O) groups excluding carboxylic acids is 1. The maximum absolute atomic E-state index is 10.5. The average molecular weight is 180 g/mol. The fourth-order valence-corrected chi connectivity index (χ4v) is 1.03. The second-order valence-corrected chi connectivity index (χ2v) is 2.45. The van der Waals surface area contributed by atoms with Crippen molar-refractivity contribution in [2.45, 2.75) is 6.92 Å². The summed E-state index contributed by atoms with van der Waals surface area (Å²) in [4.78, 5) is 14.2. The van der Waals surface area contributed by atoms with Crippen LogP contribution in [0, 0.1) is 0 Å². The number of thiazole rings is 1.